The Labute approximate surface area is 182 Å². The average Bonchev–Trinajstić information content (AvgIpc) is 3.29. The third kappa shape index (κ3) is 3.89. The second-order valence-corrected chi connectivity index (χ2v) is 8.31. The number of carbonyl (C=O) groups is 1. The monoisotopic (exact) mass is 421 g/mol. The quantitative estimate of drug-likeness (QED) is 0.606. The van der Waals surface area contributed by atoms with E-state index >= 15 is 0 Å². The van der Waals surface area contributed by atoms with E-state index in [4.69, 9.17) is 0 Å². The number of aromatic nitrogens is 4. The molecule has 1 aliphatic rings. The maximum absolute atomic E-state index is 13.3. The smallest absolute Gasteiger partial charge is 0.270 e. The Morgan fingerprint density at radius 1 is 1.19 bits per heavy atom. The zero-order valence-electron chi connectivity index (χ0n) is 18.6. The molecule has 7 heteroatoms. The van der Waals surface area contributed by atoms with Crippen molar-refractivity contribution < 1.29 is 4.79 Å². The summed E-state index contributed by atoms with van der Waals surface area (Å²) in [4.78, 5) is 37.4. The predicted molar refractivity (Wildman–Crippen MR) is 121 cm³/mol. The van der Waals surface area contributed by atoms with Crippen LogP contribution in [0.15, 0.2) is 41.7 Å². The van der Waals surface area contributed by atoms with Crippen LogP contribution in [0.25, 0.3) is 5.65 Å². The molecule has 3 aromatic heterocycles. The van der Waals surface area contributed by atoms with E-state index in [1.165, 1.54) is 10.6 Å². The Balaban J connectivity index is 1.65. The van der Waals surface area contributed by atoms with E-state index < -0.39 is 0 Å². The summed E-state index contributed by atoms with van der Waals surface area (Å²) >= 11 is 0. The average molecular weight is 422 g/mol. The first kappa shape index (κ1) is 21.3. The number of hydrogen-bond donors (Lipinski definition) is 0. The minimum absolute atomic E-state index is 0.138. The van der Waals surface area contributed by atoms with Crippen LogP contribution in [0.1, 0.15) is 80.0 Å². The van der Waals surface area contributed by atoms with Crippen molar-refractivity contribution >= 4 is 11.6 Å². The van der Waals surface area contributed by atoms with Gasteiger partial charge in [0.05, 0.1) is 0 Å². The number of aryl methyl sites for hydroxylation is 1. The second-order valence-electron chi connectivity index (χ2n) is 8.31. The Morgan fingerprint density at radius 2 is 2.00 bits per heavy atom. The highest BCUT2D eigenvalue weighted by atomic mass is 16.2. The van der Waals surface area contributed by atoms with Crippen molar-refractivity contribution in [2.45, 2.75) is 64.8 Å². The first-order valence-corrected chi connectivity index (χ1v) is 11.4. The summed E-state index contributed by atoms with van der Waals surface area (Å²) in [5, 5.41) is 0. The zero-order chi connectivity index (χ0) is 22.0. The maximum Gasteiger partial charge on any atom is 0.270 e. The zero-order valence-corrected chi connectivity index (χ0v) is 18.6. The van der Waals surface area contributed by atoms with Gasteiger partial charge < -0.3 is 9.47 Å². The molecular formula is C24H31N5O2. The number of fused-ring (bicyclic) bond motifs is 1. The Bertz CT molecular complexity index is 1130. The topological polar surface area (TPSA) is 72.5 Å². The van der Waals surface area contributed by atoms with E-state index in [-0.39, 0.29) is 22.9 Å². The number of imidazole rings is 1. The molecule has 0 aromatic carbocycles. The van der Waals surface area contributed by atoms with E-state index in [9.17, 15) is 9.59 Å². The van der Waals surface area contributed by atoms with E-state index in [0.29, 0.717) is 24.7 Å². The number of carbonyl (C=O) groups excluding carboxylic acids is 1. The molecule has 3 aromatic rings. The molecule has 7 nitrogen and oxygen atoms in total. The van der Waals surface area contributed by atoms with Crippen molar-refractivity contribution in [3.8, 4) is 0 Å². The molecule has 4 heterocycles. The van der Waals surface area contributed by atoms with Crippen LogP contribution in [0.4, 0.5) is 0 Å². The summed E-state index contributed by atoms with van der Waals surface area (Å²) in [7, 11) is 0. The van der Waals surface area contributed by atoms with Gasteiger partial charge in [-0.2, -0.15) is 0 Å². The summed E-state index contributed by atoms with van der Waals surface area (Å²) in [6, 6.07) is 3.91. The van der Waals surface area contributed by atoms with Crippen LogP contribution in [-0.4, -0.2) is 42.8 Å². The normalized spacial score (nSPS) is 16.9. The fraction of sp³-hybridized carbons (Fsp3) is 0.500. The predicted octanol–water partition coefficient (Wildman–Crippen LogP) is 3.83. The van der Waals surface area contributed by atoms with Gasteiger partial charge in [0.15, 0.2) is 0 Å². The molecule has 1 saturated heterocycles. The molecular weight excluding hydrogens is 390 g/mol. The highest BCUT2D eigenvalue weighted by Crippen LogP contribution is 2.27. The van der Waals surface area contributed by atoms with Crippen LogP contribution in [0.2, 0.25) is 0 Å². The molecule has 0 radical (unpaired) electrons. The fourth-order valence-electron chi connectivity index (χ4n) is 4.81. The van der Waals surface area contributed by atoms with Crippen LogP contribution in [0.3, 0.4) is 0 Å². The molecule has 0 aliphatic carbocycles. The van der Waals surface area contributed by atoms with Crippen molar-refractivity contribution in [3.63, 3.8) is 0 Å². The van der Waals surface area contributed by atoms with Gasteiger partial charge in [-0.25, -0.2) is 9.97 Å². The molecule has 1 amide bonds. The van der Waals surface area contributed by atoms with Crippen LogP contribution < -0.4 is 5.56 Å². The Kier molecular flexibility index (Phi) is 6.20. The third-order valence-electron chi connectivity index (χ3n) is 6.58. The van der Waals surface area contributed by atoms with Gasteiger partial charge in [-0.05, 0) is 50.2 Å². The summed E-state index contributed by atoms with van der Waals surface area (Å²) in [5.74, 6) is 1.31. The van der Waals surface area contributed by atoms with Crippen molar-refractivity contribution in [2.75, 3.05) is 13.1 Å². The van der Waals surface area contributed by atoms with Gasteiger partial charge in [0.2, 0.25) is 0 Å². The van der Waals surface area contributed by atoms with Crippen molar-refractivity contribution in [2.24, 2.45) is 0 Å². The first-order valence-electron chi connectivity index (χ1n) is 11.4. The number of likely N-dealkylation sites (tertiary alicyclic amines) is 1. The largest absolute Gasteiger partial charge is 0.338 e. The number of nitrogens with zero attached hydrogens (tertiary/aromatic N) is 5. The van der Waals surface area contributed by atoms with E-state index in [1.807, 2.05) is 24.5 Å². The lowest BCUT2D eigenvalue weighted by Crippen LogP contribution is -2.42. The molecule has 0 N–H and O–H groups in total. The number of amides is 1. The minimum Gasteiger partial charge on any atom is -0.338 e. The van der Waals surface area contributed by atoms with Gasteiger partial charge in [0.1, 0.15) is 17.0 Å². The molecule has 164 valence electrons. The summed E-state index contributed by atoms with van der Waals surface area (Å²) in [6.45, 7) is 8.46. The Hall–Kier alpha value is -2.96. The third-order valence-corrected chi connectivity index (χ3v) is 6.58. The standard InChI is InChI=1S/C24H31N5O2/c1-4-17(5-2)19-10-8-13-29-22(19)26-15-20(24(29)31)23(30)28-12-7-9-18(16-28)21-25-11-14-27(21)6-3/h8,10-11,13-15,17-18H,4-7,9,12,16H2,1-3H3. The summed E-state index contributed by atoms with van der Waals surface area (Å²) in [5.41, 5.74) is 1.56. The van der Waals surface area contributed by atoms with E-state index in [2.05, 4.69) is 35.3 Å². The molecule has 1 atom stereocenters. The molecule has 0 saturated carbocycles. The summed E-state index contributed by atoms with van der Waals surface area (Å²) < 4.78 is 3.66. The van der Waals surface area contributed by atoms with Gasteiger partial charge in [-0.1, -0.05) is 19.9 Å². The first-order chi connectivity index (χ1) is 15.1. The van der Waals surface area contributed by atoms with Gasteiger partial charge in [-0.15, -0.1) is 0 Å². The Morgan fingerprint density at radius 3 is 2.74 bits per heavy atom. The SMILES string of the molecule is CCC(CC)c1cccn2c(=O)c(C(=O)N3CCCC(c4nccn4CC)C3)cnc12. The number of hydrogen-bond acceptors (Lipinski definition) is 4. The maximum atomic E-state index is 13.3. The van der Waals surface area contributed by atoms with Crippen LogP contribution in [0, 0.1) is 0 Å². The minimum atomic E-state index is -0.292. The van der Waals surface area contributed by atoms with E-state index in [1.54, 1.807) is 11.1 Å². The van der Waals surface area contributed by atoms with Gasteiger partial charge in [0.25, 0.3) is 11.5 Å². The van der Waals surface area contributed by atoms with Gasteiger partial charge in [-0.3, -0.25) is 14.0 Å². The highest BCUT2D eigenvalue weighted by molar-refractivity contribution is 5.94. The lowest BCUT2D eigenvalue weighted by Gasteiger charge is -2.32. The van der Waals surface area contributed by atoms with Crippen molar-refractivity contribution in [1.82, 2.24) is 23.8 Å². The van der Waals surface area contributed by atoms with Crippen molar-refractivity contribution in [3.05, 3.63) is 64.2 Å². The lowest BCUT2D eigenvalue weighted by atomic mass is 9.94. The summed E-state index contributed by atoms with van der Waals surface area (Å²) in [6.07, 6.45) is 10.8. The van der Waals surface area contributed by atoms with Crippen LogP contribution in [-0.2, 0) is 6.54 Å². The van der Waals surface area contributed by atoms with Gasteiger partial charge >= 0.3 is 0 Å². The molecule has 1 unspecified atom stereocenters. The van der Waals surface area contributed by atoms with Crippen LogP contribution >= 0.6 is 0 Å². The van der Waals surface area contributed by atoms with E-state index in [0.717, 1.165) is 43.6 Å². The molecule has 0 spiro atoms. The fourth-order valence-corrected chi connectivity index (χ4v) is 4.81. The van der Waals surface area contributed by atoms with Gasteiger partial charge in [0, 0.05) is 50.3 Å². The highest BCUT2D eigenvalue weighted by Gasteiger charge is 2.29. The molecule has 0 bridgehead atoms. The number of piperidine rings is 1. The van der Waals surface area contributed by atoms with Crippen molar-refractivity contribution in [1.29, 1.82) is 0 Å². The number of rotatable bonds is 6. The molecule has 1 aliphatic heterocycles. The lowest BCUT2D eigenvalue weighted by molar-refractivity contribution is 0.0701. The second kappa shape index (κ2) is 9.04. The number of pyridine rings is 1. The molecule has 4 rings (SSSR count). The van der Waals surface area contributed by atoms with Crippen LogP contribution in [0.5, 0.6) is 0 Å². The molecule has 31 heavy (non-hydrogen) atoms. The molecule has 1 fully saturated rings.